The smallest absolute Gasteiger partial charge is 0.132 e. The number of pyridine rings is 1. The molecule has 0 amide bonds. The van der Waals surface area contributed by atoms with Crippen molar-refractivity contribution in [3.8, 4) is 0 Å². The molecule has 110 valence electrons. The van der Waals surface area contributed by atoms with Crippen LogP contribution in [0.1, 0.15) is 35.6 Å². The lowest BCUT2D eigenvalue weighted by molar-refractivity contribution is 0.673. The van der Waals surface area contributed by atoms with E-state index < -0.39 is 0 Å². The van der Waals surface area contributed by atoms with Gasteiger partial charge in [-0.25, -0.2) is 4.98 Å². The number of nitrogens with zero attached hydrogens (tertiary/aromatic N) is 2. The quantitative estimate of drug-likeness (QED) is 0.851. The molecule has 0 saturated carbocycles. The average Bonchev–Trinajstić information content (AvgIpc) is 2.91. The SMILES string of the molecule is CCCNCc1cnc(N2Cc3ccccc3C2)c(C)c1. The van der Waals surface area contributed by atoms with Gasteiger partial charge in [0.2, 0.25) is 0 Å². The van der Waals surface area contributed by atoms with Crippen LogP contribution >= 0.6 is 0 Å². The molecule has 1 aliphatic rings. The summed E-state index contributed by atoms with van der Waals surface area (Å²) in [6.07, 6.45) is 3.17. The van der Waals surface area contributed by atoms with E-state index in [-0.39, 0.29) is 0 Å². The second kappa shape index (κ2) is 6.27. The monoisotopic (exact) mass is 281 g/mol. The normalized spacial score (nSPS) is 13.5. The Hall–Kier alpha value is -1.87. The average molecular weight is 281 g/mol. The highest BCUT2D eigenvalue weighted by Crippen LogP contribution is 2.28. The first kappa shape index (κ1) is 14.1. The Kier molecular flexibility index (Phi) is 4.20. The third kappa shape index (κ3) is 3.08. The second-order valence-corrected chi connectivity index (χ2v) is 5.79. The molecule has 21 heavy (non-hydrogen) atoms. The van der Waals surface area contributed by atoms with Crippen LogP contribution in [0.25, 0.3) is 0 Å². The summed E-state index contributed by atoms with van der Waals surface area (Å²) in [5, 5.41) is 3.43. The lowest BCUT2D eigenvalue weighted by Gasteiger charge is -2.19. The number of nitrogens with one attached hydrogen (secondary N) is 1. The third-order valence-corrected chi connectivity index (χ3v) is 4.00. The highest BCUT2D eigenvalue weighted by molar-refractivity contribution is 5.52. The van der Waals surface area contributed by atoms with Crippen LogP contribution in [0.4, 0.5) is 5.82 Å². The fourth-order valence-electron chi connectivity index (χ4n) is 2.95. The first-order valence-corrected chi connectivity index (χ1v) is 7.76. The van der Waals surface area contributed by atoms with Crippen molar-refractivity contribution >= 4 is 5.82 Å². The van der Waals surface area contributed by atoms with Crippen molar-refractivity contribution in [3.05, 3.63) is 58.8 Å². The van der Waals surface area contributed by atoms with E-state index in [2.05, 4.69) is 54.4 Å². The van der Waals surface area contributed by atoms with Gasteiger partial charge in [-0.2, -0.15) is 0 Å². The van der Waals surface area contributed by atoms with Crippen LogP contribution in [0.15, 0.2) is 36.5 Å². The van der Waals surface area contributed by atoms with E-state index in [9.17, 15) is 0 Å². The zero-order chi connectivity index (χ0) is 14.7. The van der Waals surface area contributed by atoms with Crippen molar-refractivity contribution in [3.63, 3.8) is 0 Å². The number of benzene rings is 1. The van der Waals surface area contributed by atoms with E-state index in [0.717, 1.165) is 38.4 Å². The largest absolute Gasteiger partial charge is 0.348 e. The standard InChI is InChI=1S/C18H23N3/c1-3-8-19-10-15-9-14(2)18(20-11-15)21-12-16-6-4-5-7-17(16)13-21/h4-7,9,11,19H,3,8,10,12-13H2,1-2H3. The van der Waals surface area contributed by atoms with Gasteiger partial charge in [0.15, 0.2) is 0 Å². The molecule has 0 radical (unpaired) electrons. The Morgan fingerprint density at radius 1 is 1.19 bits per heavy atom. The number of hydrogen-bond donors (Lipinski definition) is 1. The van der Waals surface area contributed by atoms with Crippen LogP contribution in [-0.2, 0) is 19.6 Å². The van der Waals surface area contributed by atoms with Crippen LogP contribution in [0, 0.1) is 6.92 Å². The van der Waals surface area contributed by atoms with Crippen LogP contribution in [0.5, 0.6) is 0 Å². The summed E-state index contributed by atoms with van der Waals surface area (Å²) < 4.78 is 0. The molecule has 1 aromatic heterocycles. The third-order valence-electron chi connectivity index (χ3n) is 4.00. The topological polar surface area (TPSA) is 28.2 Å². The first-order chi connectivity index (χ1) is 10.3. The minimum absolute atomic E-state index is 0.905. The molecule has 2 aromatic rings. The summed E-state index contributed by atoms with van der Waals surface area (Å²) in [5.74, 6) is 1.12. The maximum atomic E-state index is 4.71. The molecule has 1 aliphatic heterocycles. The molecule has 0 aliphatic carbocycles. The molecule has 0 saturated heterocycles. The van der Waals surface area contributed by atoms with Gasteiger partial charge in [-0.3, -0.25) is 0 Å². The van der Waals surface area contributed by atoms with Crippen molar-refractivity contribution in [1.82, 2.24) is 10.3 Å². The highest BCUT2D eigenvalue weighted by atomic mass is 15.2. The van der Waals surface area contributed by atoms with Crippen molar-refractivity contribution in [2.24, 2.45) is 0 Å². The summed E-state index contributed by atoms with van der Waals surface area (Å²) in [6, 6.07) is 10.9. The Balaban J connectivity index is 1.72. The van der Waals surface area contributed by atoms with Gasteiger partial charge in [-0.05, 0) is 48.2 Å². The summed E-state index contributed by atoms with van der Waals surface area (Å²) in [6.45, 7) is 8.25. The number of anilines is 1. The predicted octanol–water partition coefficient (Wildman–Crippen LogP) is 3.41. The maximum Gasteiger partial charge on any atom is 0.132 e. The van der Waals surface area contributed by atoms with E-state index in [1.54, 1.807) is 0 Å². The molecule has 3 nitrogen and oxygen atoms in total. The highest BCUT2D eigenvalue weighted by Gasteiger charge is 2.20. The summed E-state index contributed by atoms with van der Waals surface area (Å²) in [7, 11) is 0. The molecular weight excluding hydrogens is 258 g/mol. The van der Waals surface area contributed by atoms with Gasteiger partial charge in [0, 0.05) is 25.8 Å². The minimum Gasteiger partial charge on any atom is -0.348 e. The fourth-order valence-corrected chi connectivity index (χ4v) is 2.95. The van der Waals surface area contributed by atoms with Crippen molar-refractivity contribution in [2.75, 3.05) is 11.4 Å². The number of aromatic nitrogens is 1. The Labute approximate surface area is 127 Å². The molecule has 0 atom stereocenters. The molecule has 3 heteroatoms. The summed E-state index contributed by atoms with van der Waals surface area (Å²) >= 11 is 0. The number of aryl methyl sites for hydroxylation is 1. The van der Waals surface area contributed by atoms with E-state index in [1.807, 2.05) is 6.20 Å². The van der Waals surface area contributed by atoms with E-state index in [1.165, 1.54) is 22.3 Å². The van der Waals surface area contributed by atoms with Crippen molar-refractivity contribution in [1.29, 1.82) is 0 Å². The molecule has 2 heterocycles. The number of rotatable bonds is 5. The van der Waals surface area contributed by atoms with Crippen molar-refractivity contribution < 1.29 is 0 Å². The van der Waals surface area contributed by atoms with Crippen LogP contribution in [0.2, 0.25) is 0 Å². The zero-order valence-corrected chi connectivity index (χ0v) is 12.9. The van der Waals surface area contributed by atoms with Crippen molar-refractivity contribution in [2.45, 2.75) is 39.9 Å². The summed E-state index contributed by atoms with van der Waals surface area (Å²) in [5.41, 5.74) is 5.37. The van der Waals surface area contributed by atoms with Gasteiger partial charge < -0.3 is 10.2 Å². The number of hydrogen-bond acceptors (Lipinski definition) is 3. The van der Waals surface area contributed by atoms with E-state index in [4.69, 9.17) is 4.98 Å². The molecule has 0 bridgehead atoms. The molecule has 0 fully saturated rings. The van der Waals surface area contributed by atoms with Gasteiger partial charge in [0.05, 0.1) is 0 Å². The Bertz CT molecular complexity index is 597. The van der Waals surface area contributed by atoms with Gasteiger partial charge in [0.1, 0.15) is 5.82 Å². The van der Waals surface area contributed by atoms with Crippen LogP contribution < -0.4 is 10.2 Å². The van der Waals surface area contributed by atoms with Gasteiger partial charge in [0.25, 0.3) is 0 Å². The molecule has 0 unspecified atom stereocenters. The van der Waals surface area contributed by atoms with Gasteiger partial charge in [-0.15, -0.1) is 0 Å². The first-order valence-electron chi connectivity index (χ1n) is 7.76. The molecule has 1 aromatic carbocycles. The Morgan fingerprint density at radius 2 is 1.90 bits per heavy atom. The molecule has 3 rings (SSSR count). The second-order valence-electron chi connectivity index (χ2n) is 5.79. The summed E-state index contributed by atoms with van der Waals surface area (Å²) in [4.78, 5) is 7.07. The maximum absolute atomic E-state index is 4.71. The number of fused-ring (bicyclic) bond motifs is 1. The van der Waals surface area contributed by atoms with Gasteiger partial charge in [-0.1, -0.05) is 31.2 Å². The zero-order valence-electron chi connectivity index (χ0n) is 12.9. The Morgan fingerprint density at radius 3 is 2.52 bits per heavy atom. The fraction of sp³-hybridized carbons (Fsp3) is 0.389. The lowest BCUT2D eigenvalue weighted by Crippen LogP contribution is -2.18. The molecular formula is C18H23N3. The molecule has 1 N–H and O–H groups in total. The molecule has 0 spiro atoms. The van der Waals surface area contributed by atoms with Crippen LogP contribution in [0.3, 0.4) is 0 Å². The lowest BCUT2D eigenvalue weighted by atomic mass is 10.1. The van der Waals surface area contributed by atoms with Crippen LogP contribution in [-0.4, -0.2) is 11.5 Å². The minimum atomic E-state index is 0.905. The van der Waals surface area contributed by atoms with E-state index >= 15 is 0 Å². The predicted molar refractivity (Wildman–Crippen MR) is 87.3 cm³/mol. The van der Waals surface area contributed by atoms with E-state index in [0.29, 0.717) is 0 Å². The van der Waals surface area contributed by atoms with Gasteiger partial charge >= 0.3 is 0 Å².